The Morgan fingerprint density at radius 3 is 1.97 bits per heavy atom. The maximum absolute atomic E-state index is 12.6. The monoisotopic (exact) mass is 419 g/mol. The molecule has 6 heteroatoms. The third-order valence-corrected chi connectivity index (χ3v) is 4.79. The summed E-state index contributed by atoms with van der Waals surface area (Å²) in [6.07, 6.45) is 0.616. The first-order chi connectivity index (χ1) is 15.1. The van der Waals surface area contributed by atoms with Crippen molar-refractivity contribution in [3.8, 4) is 11.5 Å². The second kappa shape index (κ2) is 10.8. The fourth-order valence-corrected chi connectivity index (χ4v) is 3.28. The van der Waals surface area contributed by atoms with Crippen LogP contribution < -0.4 is 14.8 Å². The van der Waals surface area contributed by atoms with Crippen LogP contribution >= 0.6 is 0 Å². The van der Waals surface area contributed by atoms with Gasteiger partial charge in [-0.25, -0.2) is 4.79 Å². The van der Waals surface area contributed by atoms with Gasteiger partial charge >= 0.3 is 5.97 Å². The molecule has 1 N–H and O–H groups in total. The van der Waals surface area contributed by atoms with Gasteiger partial charge in [0.1, 0.15) is 17.1 Å². The van der Waals surface area contributed by atoms with Crippen molar-refractivity contribution in [1.29, 1.82) is 0 Å². The molecule has 0 saturated carbocycles. The zero-order valence-electron chi connectivity index (χ0n) is 17.5. The molecule has 0 saturated heterocycles. The van der Waals surface area contributed by atoms with Gasteiger partial charge in [-0.3, -0.25) is 4.79 Å². The van der Waals surface area contributed by atoms with Crippen LogP contribution in [0.1, 0.15) is 27.5 Å². The zero-order valence-corrected chi connectivity index (χ0v) is 17.5. The summed E-state index contributed by atoms with van der Waals surface area (Å²) in [6, 6.07) is 24.3. The van der Waals surface area contributed by atoms with Crippen molar-refractivity contribution in [3.63, 3.8) is 0 Å². The Morgan fingerprint density at radius 2 is 1.39 bits per heavy atom. The molecule has 160 valence electrons. The number of hydrogen-bond donors (Lipinski definition) is 1. The van der Waals surface area contributed by atoms with Gasteiger partial charge in [-0.15, -0.1) is 0 Å². The minimum atomic E-state index is -0.691. The minimum Gasteiger partial charge on any atom is -0.496 e. The molecule has 1 amide bonds. The number of nitrogens with one attached hydrogen (secondary N) is 1. The molecule has 0 spiro atoms. The van der Waals surface area contributed by atoms with E-state index in [-0.39, 0.29) is 11.6 Å². The number of esters is 1. The van der Waals surface area contributed by atoms with Crippen LogP contribution in [-0.2, 0) is 16.0 Å². The highest BCUT2D eigenvalue weighted by molar-refractivity contribution is 5.96. The Labute approximate surface area is 181 Å². The molecule has 3 rings (SSSR count). The quantitative estimate of drug-likeness (QED) is 0.532. The number of ether oxygens (including phenoxy) is 3. The van der Waals surface area contributed by atoms with E-state index >= 15 is 0 Å². The molecule has 0 heterocycles. The number of hydrogen-bond acceptors (Lipinski definition) is 5. The Bertz CT molecular complexity index is 983. The summed E-state index contributed by atoms with van der Waals surface area (Å²) in [7, 11) is 2.90. The maximum atomic E-state index is 12.6. The Hall–Kier alpha value is -3.80. The van der Waals surface area contributed by atoms with E-state index in [1.165, 1.54) is 14.2 Å². The number of rotatable bonds is 9. The largest absolute Gasteiger partial charge is 0.496 e. The lowest BCUT2D eigenvalue weighted by molar-refractivity contribution is -0.125. The lowest BCUT2D eigenvalue weighted by Gasteiger charge is -2.20. The van der Waals surface area contributed by atoms with Crippen LogP contribution in [0.25, 0.3) is 0 Å². The lowest BCUT2D eigenvalue weighted by Crippen LogP contribution is -2.33. The second-order valence-corrected chi connectivity index (χ2v) is 6.83. The molecule has 0 bridgehead atoms. The van der Waals surface area contributed by atoms with E-state index in [4.69, 9.17) is 14.2 Å². The summed E-state index contributed by atoms with van der Waals surface area (Å²) in [6.45, 7) is -0.418. The molecule has 0 fully saturated rings. The molecule has 6 nitrogen and oxygen atoms in total. The van der Waals surface area contributed by atoms with E-state index in [0.717, 1.165) is 11.1 Å². The lowest BCUT2D eigenvalue weighted by atomic mass is 9.99. The number of carbonyl (C=O) groups excluding carboxylic acids is 2. The number of amides is 1. The van der Waals surface area contributed by atoms with Gasteiger partial charge in [0, 0.05) is 0 Å². The summed E-state index contributed by atoms with van der Waals surface area (Å²) in [5.74, 6) is -0.456. The number of benzene rings is 3. The average molecular weight is 419 g/mol. The first kappa shape index (κ1) is 21.9. The molecule has 3 aromatic rings. The van der Waals surface area contributed by atoms with E-state index in [1.54, 1.807) is 18.2 Å². The molecule has 0 aliphatic rings. The van der Waals surface area contributed by atoms with Gasteiger partial charge in [-0.05, 0) is 29.7 Å². The molecule has 1 atom stereocenters. The minimum absolute atomic E-state index is 0.143. The van der Waals surface area contributed by atoms with Gasteiger partial charge in [0.05, 0.1) is 20.3 Å². The zero-order chi connectivity index (χ0) is 22.1. The molecular weight excluding hydrogens is 394 g/mol. The van der Waals surface area contributed by atoms with Crippen molar-refractivity contribution < 1.29 is 23.8 Å². The summed E-state index contributed by atoms with van der Waals surface area (Å²) < 4.78 is 15.7. The Morgan fingerprint density at radius 1 is 0.806 bits per heavy atom. The SMILES string of the molecule is COc1cccc(OC)c1C(=O)OCC(=O)NC(Cc1ccccc1)c1ccccc1. The average Bonchev–Trinajstić information content (AvgIpc) is 2.82. The van der Waals surface area contributed by atoms with Gasteiger partial charge in [-0.2, -0.15) is 0 Å². The van der Waals surface area contributed by atoms with Crippen LogP contribution in [0, 0.1) is 0 Å². The maximum Gasteiger partial charge on any atom is 0.346 e. The fourth-order valence-electron chi connectivity index (χ4n) is 3.28. The van der Waals surface area contributed by atoms with E-state index in [0.29, 0.717) is 17.9 Å². The van der Waals surface area contributed by atoms with Gasteiger partial charge in [0.15, 0.2) is 6.61 Å². The highest BCUT2D eigenvalue weighted by Crippen LogP contribution is 2.28. The summed E-state index contributed by atoms with van der Waals surface area (Å²) in [5.41, 5.74) is 2.20. The predicted molar refractivity (Wildman–Crippen MR) is 117 cm³/mol. The van der Waals surface area contributed by atoms with Gasteiger partial charge in [0.25, 0.3) is 5.91 Å². The topological polar surface area (TPSA) is 73.9 Å². The highest BCUT2D eigenvalue weighted by atomic mass is 16.5. The molecule has 0 aromatic heterocycles. The first-order valence-electron chi connectivity index (χ1n) is 9.88. The number of carbonyl (C=O) groups is 2. The van der Waals surface area contributed by atoms with Crippen molar-refractivity contribution >= 4 is 11.9 Å². The molecule has 0 aliphatic carbocycles. The highest BCUT2D eigenvalue weighted by Gasteiger charge is 2.22. The van der Waals surface area contributed by atoms with Crippen LogP contribution in [-0.4, -0.2) is 32.7 Å². The van der Waals surface area contributed by atoms with E-state index in [9.17, 15) is 9.59 Å². The Kier molecular flexibility index (Phi) is 7.65. The second-order valence-electron chi connectivity index (χ2n) is 6.83. The third kappa shape index (κ3) is 5.85. The van der Waals surface area contributed by atoms with E-state index in [2.05, 4.69) is 5.32 Å². The first-order valence-corrected chi connectivity index (χ1v) is 9.88. The van der Waals surface area contributed by atoms with Crippen LogP contribution in [0.2, 0.25) is 0 Å². The predicted octanol–water partition coefficient (Wildman–Crippen LogP) is 3.96. The van der Waals surface area contributed by atoms with Gasteiger partial charge in [-0.1, -0.05) is 66.7 Å². The molecular formula is C25H25NO5. The molecule has 31 heavy (non-hydrogen) atoms. The molecule has 0 radical (unpaired) electrons. The van der Waals surface area contributed by atoms with E-state index in [1.807, 2.05) is 60.7 Å². The molecule has 0 aliphatic heterocycles. The van der Waals surface area contributed by atoms with Crippen molar-refractivity contribution in [3.05, 3.63) is 95.6 Å². The fraction of sp³-hybridized carbons (Fsp3) is 0.200. The summed E-state index contributed by atoms with van der Waals surface area (Å²) in [5, 5.41) is 2.97. The van der Waals surface area contributed by atoms with E-state index < -0.39 is 18.5 Å². The standard InChI is InChI=1S/C25H25NO5/c1-29-21-14-9-15-22(30-2)24(21)25(28)31-17-23(27)26-20(19-12-7-4-8-13-19)16-18-10-5-3-6-11-18/h3-15,20H,16-17H2,1-2H3,(H,26,27). The Balaban J connectivity index is 1.68. The van der Waals surface area contributed by atoms with Crippen LogP contribution in [0.4, 0.5) is 0 Å². The molecule has 3 aromatic carbocycles. The smallest absolute Gasteiger partial charge is 0.346 e. The molecule has 1 unspecified atom stereocenters. The normalized spacial score (nSPS) is 11.3. The van der Waals surface area contributed by atoms with Crippen LogP contribution in [0.5, 0.6) is 11.5 Å². The van der Waals surface area contributed by atoms with Crippen molar-refractivity contribution in [2.24, 2.45) is 0 Å². The summed E-state index contributed by atoms with van der Waals surface area (Å²) in [4.78, 5) is 25.2. The van der Waals surface area contributed by atoms with Crippen LogP contribution in [0.15, 0.2) is 78.9 Å². The van der Waals surface area contributed by atoms with Crippen LogP contribution in [0.3, 0.4) is 0 Å². The van der Waals surface area contributed by atoms with Crippen molar-refractivity contribution in [2.75, 3.05) is 20.8 Å². The summed E-state index contributed by atoms with van der Waals surface area (Å²) >= 11 is 0. The van der Waals surface area contributed by atoms with Gasteiger partial charge < -0.3 is 19.5 Å². The van der Waals surface area contributed by atoms with Crippen molar-refractivity contribution in [1.82, 2.24) is 5.32 Å². The number of methoxy groups -OCH3 is 2. The van der Waals surface area contributed by atoms with Crippen molar-refractivity contribution in [2.45, 2.75) is 12.5 Å². The van der Waals surface area contributed by atoms with Gasteiger partial charge in [0.2, 0.25) is 0 Å². The third-order valence-electron chi connectivity index (χ3n) is 4.79.